The normalized spacial score (nSPS) is 9.96. The molecule has 0 atom stereocenters. The first kappa shape index (κ1) is 16.5. The first-order chi connectivity index (χ1) is 11.2. The van der Waals surface area contributed by atoms with Crippen LogP contribution in [0.1, 0.15) is 15.9 Å². The summed E-state index contributed by atoms with van der Waals surface area (Å²) < 4.78 is 15.0. The number of methoxy groups -OCH3 is 1. The number of hydrogen-bond donors (Lipinski definition) is 0. The number of hydrogen-bond acceptors (Lipinski definition) is 5. The van der Waals surface area contributed by atoms with E-state index in [2.05, 4.69) is 4.74 Å². The Morgan fingerprint density at radius 3 is 2.52 bits per heavy atom. The minimum absolute atomic E-state index is 0.205. The molecule has 5 nitrogen and oxygen atoms in total. The van der Waals surface area contributed by atoms with Crippen LogP contribution in [-0.4, -0.2) is 32.3 Å². The van der Waals surface area contributed by atoms with Crippen molar-refractivity contribution < 1.29 is 23.8 Å². The van der Waals surface area contributed by atoms with Crippen molar-refractivity contribution in [1.29, 1.82) is 0 Å². The van der Waals surface area contributed by atoms with E-state index >= 15 is 0 Å². The Bertz CT molecular complexity index is 651. The van der Waals surface area contributed by atoms with Gasteiger partial charge in [0.1, 0.15) is 5.75 Å². The summed E-state index contributed by atoms with van der Waals surface area (Å²) in [5.41, 5.74) is 1.48. The zero-order valence-corrected chi connectivity index (χ0v) is 12.9. The smallest absolute Gasteiger partial charge is 0.343 e. The first-order valence-electron chi connectivity index (χ1n) is 7.20. The van der Waals surface area contributed by atoms with E-state index in [1.807, 2.05) is 30.3 Å². The minimum atomic E-state index is -0.485. The fraction of sp³-hybridized carbons (Fsp3) is 0.222. The van der Waals surface area contributed by atoms with Gasteiger partial charge in [0.15, 0.2) is 6.61 Å². The molecule has 2 rings (SSSR count). The molecule has 0 bridgehead atoms. The first-order valence-corrected chi connectivity index (χ1v) is 7.20. The summed E-state index contributed by atoms with van der Waals surface area (Å²) in [5.74, 6) is -0.502. The molecule has 0 spiro atoms. The summed E-state index contributed by atoms with van der Waals surface area (Å²) >= 11 is 0. The Hall–Kier alpha value is -2.82. The molecule has 0 fully saturated rings. The molecule has 2 aromatic carbocycles. The zero-order chi connectivity index (χ0) is 16.5. The highest BCUT2D eigenvalue weighted by Crippen LogP contribution is 2.14. The van der Waals surface area contributed by atoms with E-state index < -0.39 is 11.9 Å². The van der Waals surface area contributed by atoms with Gasteiger partial charge in [-0.25, -0.2) is 9.59 Å². The van der Waals surface area contributed by atoms with Gasteiger partial charge in [0.2, 0.25) is 0 Å². The van der Waals surface area contributed by atoms with Gasteiger partial charge < -0.3 is 14.2 Å². The number of esters is 2. The van der Waals surface area contributed by atoms with Crippen molar-refractivity contribution in [3.05, 3.63) is 65.7 Å². The Kier molecular flexibility index (Phi) is 6.17. The molecule has 0 aliphatic heterocycles. The van der Waals surface area contributed by atoms with Crippen LogP contribution < -0.4 is 4.74 Å². The van der Waals surface area contributed by atoms with Crippen LogP contribution in [0.2, 0.25) is 0 Å². The topological polar surface area (TPSA) is 61.8 Å². The van der Waals surface area contributed by atoms with Crippen molar-refractivity contribution in [2.75, 3.05) is 20.3 Å². The lowest BCUT2D eigenvalue weighted by molar-refractivity contribution is -0.142. The predicted octanol–water partition coefficient (Wildman–Crippen LogP) is 2.64. The van der Waals surface area contributed by atoms with Gasteiger partial charge in [-0.3, -0.25) is 0 Å². The number of rotatable bonds is 7. The highest BCUT2D eigenvalue weighted by Gasteiger charge is 2.09. The van der Waals surface area contributed by atoms with Gasteiger partial charge in [-0.2, -0.15) is 0 Å². The molecule has 0 radical (unpaired) electrons. The van der Waals surface area contributed by atoms with Crippen LogP contribution in [0.25, 0.3) is 0 Å². The van der Waals surface area contributed by atoms with Crippen LogP contribution >= 0.6 is 0 Å². The largest absolute Gasteiger partial charge is 0.482 e. The molecule has 0 saturated carbocycles. The van der Waals surface area contributed by atoms with E-state index in [-0.39, 0.29) is 6.61 Å². The van der Waals surface area contributed by atoms with E-state index in [1.165, 1.54) is 13.2 Å². The third kappa shape index (κ3) is 5.47. The second-order valence-electron chi connectivity index (χ2n) is 4.76. The van der Waals surface area contributed by atoms with Crippen molar-refractivity contribution in [2.45, 2.75) is 6.42 Å². The average molecular weight is 314 g/mol. The van der Waals surface area contributed by atoms with Crippen LogP contribution in [0.4, 0.5) is 0 Å². The second kappa shape index (κ2) is 8.58. The number of carbonyl (C=O) groups is 2. The van der Waals surface area contributed by atoms with E-state index in [1.54, 1.807) is 18.2 Å². The minimum Gasteiger partial charge on any atom is -0.482 e. The molecule has 5 heteroatoms. The summed E-state index contributed by atoms with van der Waals surface area (Å²) in [6, 6.07) is 16.3. The lowest BCUT2D eigenvalue weighted by Gasteiger charge is -2.08. The highest BCUT2D eigenvalue weighted by atomic mass is 16.6. The summed E-state index contributed by atoms with van der Waals surface area (Å²) in [7, 11) is 1.28. The SMILES string of the molecule is COC(=O)COc1cccc(C(=O)OCCc2ccccc2)c1. The molecular weight excluding hydrogens is 296 g/mol. The summed E-state index contributed by atoms with van der Waals surface area (Å²) in [5, 5.41) is 0. The molecular formula is C18H18O5. The number of carbonyl (C=O) groups excluding carboxylic acids is 2. The number of benzene rings is 2. The molecule has 23 heavy (non-hydrogen) atoms. The highest BCUT2D eigenvalue weighted by molar-refractivity contribution is 5.89. The molecule has 0 saturated heterocycles. The van der Waals surface area contributed by atoms with Crippen LogP contribution in [-0.2, 0) is 20.7 Å². The van der Waals surface area contributed by atoms with E-state index in [4.69, 9.17) is 9.47 Å². The molecule has 0 amide bonds. The van der Waals surface area contributed by atoms with Gasteiger partial charge >= 0.3 is 11.9 Å². The summed E-state index contributed by atoms with van der Waals surface area (Å²) in [6.45, 7) is 0.0963. The molecule has 0 aliphatic carbocycles. The van der Waals surface area contributed by atoms with Crippen molar-refractivity contribution in [3.8, 4) is 5.75 Å². The molecule has 0 aliphatic rings. The Balaban J connectivity index is 1.85. The third-order valence-electron chi connectivity index (χ3n) is 3.12. The van der Waals surface area contributed by atoms with Crippen LogP contribution in [0.5, 0.6) is 5.75 Å². The van der Waals surface area contributed by atoms with Gasteiger partial charge in [-0.15, -0.1) is 0 Å². The monoisotopic (exact) mass is 314 g/mol. The Morgan fingerprint density at radius 1 is 1.00 bits per heavy atom. The Morgan fingerprint density at radius 2 is 1.78 bits per heavy atom. The van der Waals surface area contributed by atoms with Crippen LogP contribution in [0, 0.1) is 0 Å². The predicted molar refractivity (Wildman–Crippen MR) is 84.4 cm³/mol. The quantitative estimate of drug-likeness (QED) is 0.735. The molecule has 120 valence electrons. The second-order valence-corrected chi connectivity index (χ2v) is 4.76. The molecule has 2 aromatic rings. The molecule has 0 unspecified atom stereocenters. The average Bonchev–Trinajstić information content (AvgIpc) is 2.60. The number of ether oxygens (including phenoxy) is 3. The van der Waals surface area contributed by atoms with E-state index in [9.17, 15) is 9.59 Å². The molecule has 0 aromatic heterocycles. The van der Waals surface area contributed by atoms with Gasteiger partial charge in [-0.1, -0.05) is 36.4 Å². The van der Waals surface area contributed by atoms with Crippen LogP contribution in [0.3, 0.4) is 0 Å². The van der Waals surface area contributed by atoms with Crippen molar-refractivity contribution in [3.63, 3.8) is 0 Å². The lowest BCUT2D eigenvalue weighted by Crippen LogP contribution is -2.13. The zero-order valence-electron chi connectivity index (χ0n) is 12.9. The maximum atomic E-state index is 12.0. The maximum Gasteiger partial charge on any atom is 0.343 e. The molecule has 0 N–H and O–H groups in total. The van der Waals surface area contributed by atoms with Crippen molar-refractivity contribution in [2.24, 2.45) is 0 Å². The lowest BCUT2D eigenvalue weighted by atomic mass is 10.2. The third-order valence-corrected chi connectivity index (χ3v) is 3.12. The van der Waals surface area contributed by atoms with Crippen molar-refractivity contribution in [1.82, 2.24) is 0 Å². The van der Waals surface area contributed by atoms with Gasteiger partial charge in [0.05, 0.1) is 19.3 Å². The van der Waals surface area contributed by atoms with Crippen molar-refractivity contribution >= 4 is 11.9 Å². The van der Waals surface area contributed by atoms with Crippen LogP contribution in [0.15, 0.2) is 54.6 Å². The Labute approximate surface area is 134 Å². The van der Waals surface area contributed by atoms with E-state index in [0.29, 0.717) is 24.3 Å². The van der Waals surface area contributed by atoms with Gasteiger partial charge in [0, 0.05) is 6.42 Å². The fourth-order valence-corrected chi connectivity index (χ4v) is 1.90. The maximum absolute atomic E-state index is 12.0. The summed E-state index contributed by atoms with van der Waals surface area (Å²) in [4.78, 5) is 23.1. The van der Waals surface area contributed by atoms with E-state index in [0.717, 1.165) is 5.56 Å². The summed E-state index contributed by atoms with van der Waals surface area (Å²) in [6.07, 6.45) is 0.658. The van der Waals surface area contributed by atoms with Gasteiger partial charge in [-0.05, 0) is 23.8 Å². The standard InChI is InChI=1S/C18H18O5/c1-21-17(19)13-23-16-9-5-8-15(12-16)18(20)22-11-10-14-6-3-2-4-7-14/h2-9,12H,10-11,13H2,1H3. The van der Waals surface area contributed by atoms with Gasteiger partial charge in [0.25, 0.3) is 0 Å². The molecule has 0 heterocycles. The fourth-order valence-electron chi connectivity index (χ4n) is 1.90.